The molecule has 1 rings (SSSR count). The molecule has 114 valence electrons. The van der Waals surface area contributed by atoms with Crippen LogP contribution in [0.2, 0.25) is 5.02 Å². The normalized spacial score (nSPS) is 11.7. The van der Waals surface area contributed by atoms with E-state index in [1.165, 1.54) is 0 Å². The van der Waals surface area contributed by atoms with Gasteiger partial charge in [0.15, 0.2) is 0 Å². The summed E-state index contributed by atoms with van der Waals surface area (Å²) >= 11 is 5.97. The average Bonchev–Trinajstić information content (AvgIpc) is 2.42. The van der Waals surface area contributed by atoms with E-state index in [-0.39, 0.29) is 19.3 Å². The Morgan fingerprint density at radius 1 is 1.24 bits per heavy atom. The first kappa shape index (κ1) is 17.0. The number of nitrogens with two attached hydrogens (primary N) is 1. The SMILES string of the molecule is NC(=O)CCC(NC(=O)CCc1ccccc1Cl)C(=O)O. The van der Waals surface area contributed by atoms with Crippen molar-refractivity contribution < 1.29 is 19.5 Å². The lowest BCUT2D eigenvalue weighted by Crippen LogP contribution is -2.41. The van der Waals surface area contributed by atoms with Gasteiger partial charge < -0.3 is 16.2 Å². The first-order valence-corrected chi connectivity index (χ1v) is 6.82. The Kier molecular flexibility index (Phi) is 6.68. The van der Waals surface area contributed by atoms with Crippen LogP contribution in [-0.4, -0.2) is 28.9 Å². The highest BCUT2D eigenvalue weighted by Gasteiger charge is 2.20. The third-order valence-electron chi connectivity index (χ3n) is 2.89. The zero-order chi connectivity index (χ0) is 15.8. The predicted octanol–water partition coefficient (Wildman–Crippen LogP) is 1.11. The molecule has 0 radical (unpaired) electrons. The van der Waals surface area contributed by atoms with Crippen molar-refractivity contribution in [1.29, 1.82) is 0 Å². The number of hydrogen-bond acceptors (Lipinski definition) is 3. The molecule has 0 aliphatic rings. The molecular formula is C14H17ClN2O4. The van der Waals surface area contributed by atoms with Gasteiger partial charge in [0.1, 0.15) is 6.04 Å². The molecule has 0 spiro atoms. The quantitative estimate of drug-likeness (QED) is 0.667. The van der Waals surface area contributed by atoms with Gasteiger partial charge in [0, 0.05) is 17.9 Å². The van der Waals surface area contributed by atoms with Gasteiger partial charge in [-0.3, -0.25) is 9.59 Å². The zero-order valence-electron chi connectivity index (χ0n) is 11.3. The maximum atomic E-state index is 11.8. The molecule has 0 saturated heterocycles. The highest BCUT2D eigenvalue weighted by atomic mass is 35.5. The van der Waals surface area contributed by atoms with Gasteiger partial charge in [0.2, 0.25) is 11.8 Å². The lowest BCUT2D eigenvalue weighted by molar-refractivity contribution is -0.142. The molecule has 2 amide bonds. The van der Waals surface area contributed by atoms with Crippen LogP contribution < -0.4 is 11.1 Å². The van der Waals surface area contributed by atoms with Crippen LogP contribution in [-0.2, 0) is 20.8 Å². The highest BCUT2D eigenvalue weighted by Crippen LogP contribution is 2.16. The van der Waals surface area contributed by atoms with E-state index in [4.69, 9.17) is 22.4 Å². The summed E-state index contributed by atoms with van der Waals surface area (Å²) in [5.41, 5.74) is 5.78. The second-order valence-electron chi connectivity index (χ2n) is 4.55. The number of aryl methyl sites for hydroxylation is 1. The minimum Gasteiger partial charge on any atom is -0.480 e. The summed E-state index contributed by atoms with van der Waals surface area (Å²) in [6.07, 6.45) is 0.405. The minimum absolute atomic E-state index is 0.0253. The van der Waals surface area contributed by atoms with E-state index in [9.17, 15) is 14.4 Å². The van der Waals surface area contributed by atoms with Crippen LogP contribution >= 0.6 is 11.6 Å². The molecule has 4 N–H and O–H groups in total. The zero-order valence-corrected chi connectivity index (χ0v) is 12.1. The average molecular weight is 313 g/mol. The predicted molar refractivity (Wildman–Crippen MR) is 77.8 cm³/mol. The van der Waals surface area contributed by atoms with Crippen LogP contribution in [0.3, 0.4) is 0 Å². The van der Waals surface area contributed by atoms with Gasteiger partial charge in [0.25, 0.3) is 0 Å². The minimum atomic E-state index is -1.19. The summed E-state index contributed by atoms with van der Waals surface area (Å²) in [7, 11) is 0. The Hall–Kier alpha value is -2.08. The van der Waals surface area contributed by atoms with Crippen molar-refractivity contribution in [3.05, 3.63) is 34.9 Å². The van der Waals surface area contributed by atoms with Gasteiger partial charge in [-0.2, -0.15) is 0 Å². The number of halogens is 1. The molecule has 0 aliphatic carbocycles. The van der Waals surface area contributed by atoms with Crippen LogP contribution in [0.1, 0.15) is 24.8 Å². The number of carbonyl (C=O) groups excluding carboxylic acids is 2. The number of amides is 2. The standard InChI is InChI=1S/C14H17ClN2O4/c15-10-4-2-1-3-9(10)5-8-13(19)17-11(14(20)21)6-7-12(16)18/h1-4,11H,5-8H2,(H2,16,18)(H,17,19)(H,20,21). The third-order valence-corrected chi connectivity index (χ3v) is 3.26. The van der Waals surface area contributed by atoms with Gasteiger partial charge in [-0.05, 0) is 24.5 Å². The number of aliphatic carboxylic acids is 1. The number of benzene rings is 1. The van der Waals surface area contributed by atoms with Gasteiger partial charge in [-0.1, -0.05) is 29.8 Å². The number of rotatable bonds is 8. The van der Waals surface area contributed by atoms with Crippen LogP contribution in [0.5, 0.6) is 0 Å². The van der Waals surface area contributed by atoms with E-state index >= 15 is 0 Å². The molecule has 6 nitrogen and oxygen atoms in total. The van der Waals surface area contributed by atoms with Crippen LogP contribution in [0.4, 0.5) is 0 Å². The van der Waals surface area contributed by atoms with Gasteiger partial charge in [-0.25, -0.2) is 4.79 Å². The Balaban J connectivity index is 2.49. The van der Waals surface area contributed by atoms with Crippen molar-refractivity contribution >= 4 is 29.4 Å². The second kappa shape index (κ2) is 8.26. The molecule has 1 unspecified atom stereocenters. The van der Waals surface area contributed by atoms with Crippen LogP contribution in [0.15, 0.2) is 24.3 Å². The summed E-state index contributed by atoms with van der Waals surface area (Å²) in [6, 6.07) is 6.01. The Bertz CT molecular complexity index is 533. The van der Waals surface area contributed by atoms with Crippen LogP contribution in [0, 0.1) is 0 Å². The maximum Gasteiger partial charge on any atom is 0.326 e. The molecule has 1 aromatic carbocycles. The van der Waals surface area contributed by atoms with E-state index in [1.54, 1.807) is 18.2 Å². The lowest BCUT2D eigenvalue weighted by atomic mass is 10.1. The Labute approximate surface area is 127 Å². The summed E-state index contributed by atoms with van der Waals surface area (Å²) in [5.74, 6) is -2.21. The number of hydrogen-bond donors (Lipinski definition) is 3. The molecule has 21 heavy (non-hydrogen) atoms. The molecule has 0 aromatic heterocycles. The summed E-state index contributed by atoms with van der Waals surface area (Å²) in [4.78, 5) is 33.4. The van der Waals surface area contributed by atoms with E-state index in [0.29, 0.717) is 11.4 Å². The smallest absolute Gasteiger partial charge is 0.326 e. The van der Waals surface area contributed by atoms with Crippen molar-refractivity contribution in [3.8, 4) is 0 Å². The lowest BCUT2D eigenvalue weighted by Gasteiger charge is -2.13. The second-order valence-corrected chi connectivity index (χ2v) is 4.96. The molecule has 0 saturated carbocycles. The highest BCUT2D eigenvalue weighted by molar-refractivity contribution is 6.31. The van der Waals surface area contributed by atoms with Gasteiger partial charge in [0.05, 0.1) is 0 Å². The Morgan fingerprint density at radius 3 is 2.48 bits per heavy atom. The fourth-order valence-corrected chi connectivity index (χ4v) is 1.99. The molecule has 0 aliphatic heterocycles. The van der Waals surface area contributed by atoms with E-state index in [0.717, 1.165) is 5.56 Å². The molecule has 0 bridgehead atoms. The molecule has 0 heterocycles. The van der Waals surface area contributed by atoms with Gasteiger partial charge >= 0.3 is 5.97 Å². The number of carboxylic acids is 1. The first-order valence-electron chi connectivity index (χ1n) is 6.44. The molecular weight excluding hydrogens is 296 g/mol. The van der Waals surface area contributed by atoms with E-state index < -0.39 is 23.8 Å². The first-order chi connectivity index (χ1) is 9.90. The van der Waals surface area contributed by atoms with Crippen molar-refractivity contribution in [3.63, 3.8) is 0 Å². The van der Waals surface area contributed by atoms with Gasteiger partial charge in [-0.15, -0.1) is 0 Å². The number of carbonyl (C=O) groups is 3. The Morgan fingerprint density at radius 2 is 1.90 bits per heavy atom. The largest absolute Gasteiger partial charge is 0.480 e. The van der Waals surface area contributed by atoms with Crippen molar-refractivity contribution in [1.82, 2.24) is 5.32 Å². The molecule has 1 atom stereocenters. The number of nitrogens with one attached hydrogen (secondary N) is 1. The van der Waals surface area contributed by atoms with Crippen molar-refractivity contribution in [2.45, 2.75) is 31.7 Å². The number of primary amides is 1. The third kappa shape index (κ3) is 6.27. The monoisotopic (exact) mass is 312 g/mol. The summed E-state index contributed by atoms with van der Waals surface area (Å²) < 4.78 is 0. The van der Waals surface area contributed by atoms with E-state index in [1.807, 2.05) is 6.07 Å². The van der Waals surface area contributed by atoms with Crippen molar-refractivity contribution in [2.75, 3.05) is 0 Å². The molecule has 7 heteroatoms. The van der Waals surface area contributed by atoms with E-state index in [2.05, 4.69) is 5.32 Å². The number of carboxylic acid groups (broad SMARTS) is 1. The van der Waals surface area contributed by atoms with Crippen molar-refractivity contribution in [2.24, 2.45) is 5.73 Å². The fourth-order valence-electron chi connectivity index (χ4n) is 1.76. The maximum absolute atomic E-state index is 11.8. The van der Waals surface area contributed by atoms with Crippen LogP contribution in [0.25, 0.3) is 0 Å². The fraction of sp³-hybridized carbons (Fsp3) is 0.357. The molecule has 0 fully saturated rings. The summed E-state index contributed by atoms with van der Waals surface area (Å²) in [6.45, 7) is 0. The molecule has 1 aromatic rings. The topological polar surface area (TPSA) is 109 Å². The summed E-state index contributed by atoms with van der Waals surface area (Å²) in [5, 5.41) is 11.9.